The SMILES string of the molecule is COc1ccc2c(O[C@@H]3C[C@H]4C(=O)N[C@H](C(=O)O)C/C=C\CCCCC[C@H](NC(=O)NC5(CS(=O)(=O)C(C)(C)C)CCCCC5)C(=O)N4C3)cc(-c3csc(NC(C)C)n3)nc2c1. The lowest BCUT2D eigenvalue weighted by Gasteiger charge is -2.40. The summed E-state index contributed by atoms with van der Waals surface area (Å²) in [5.41, 5.74) is 0.733. The molecule has 4 atom stereocenters. The molecule has 3 aliphatic rings. The molecule has 5 N–H and O–H groups in total. The number of carbonyl (C=O) groups is 4. The first-order valence-corrected chi connectivity index (χ1v) is 24.6. The minimum atomic E-state index is -3.62. The van der Waals surface area contributed by atoms with Crippen LogP contribution in [-0.2, 0) is 24.2 Å². The highest BCUT2D eigenvalue weighted by atomic mass is 32.2. The van der Waals surface area contributed by atoms with Crippen molar-refractivity contribution in [2.45, 2.75) is 152 Å². The van der Waals surface area contributed by atoms with Crippen molar-refractivity contribution in [3.8, 4) is 22.9 Å². The topological polar surface area (TPSA) is 218 Å². The first-order chi connectivity index (χ1) is 29.9. The van der Waals surface area contributed by atoms with Gasteiger partial charge >= 0.3 is 12.0 Å². The van der Waals surface area contributed by atoms with Crippen molar-refractivity contribution < 1.29 is 42.2 Å². The molecule has 3 aromatic rings. The smallest absolute Gasteiger partial charge is 0.326 e. The fourth-order valence-corrected chi connectivity index (χ4v) is 10.8. The molecule has 0 radical (unpaired) electrons. The minimum absolute atomic E-state index is 0.0287. The number of thiazole rings is 1. The van der Waals surface area contributed by atoms with Crippen molar-refractivity contribution in [1.29, 1.82) is 0 Å². The fourth-order valence-electron chi connectivity index (χ4n) is 8.43. The molecule has 6 rings (SSSR count). The Morgan fingerprint density at radius 3 is 2.48 bits per heavy atom. The second-order valence-corrected chi connectivity index (χ2v) is 21.9. The quantitative estimate of drug-likeness (QED) is 0.129. The van der Waals surface area contributed by atoms with Gasteiger partial charge in [0.05, 0.1) is 40.9 Å². The summed E-state index contributed by atoms with van der Waals surface area (Å²) in [5.74, 6) is -1.58. The molecule has 2 aromatic heterocycles. The van der Waals surface area contributed by atoms with Gasteiger partial charge < -0.3 is 40.7 Å². The molecule has 4 heterocycles. The number of hydrogen-bond donors (Lipinski definition) is 5. The lowest BCUT2D eigenvalue weighted by atomic mass is 9.83. The third-order valence-electron chi connectivity index (χ3n) is 12.0. The Hall–Kier alpha value is -4.97. The number of carbonyl (C=O) groups excluding carboxylic acids is 3. The average molecular weight is 910 g/mol. The highest BCUT2D eigenvalue weighted by Gasteiger charge is 2.46. The number of aromatic nitrogens is 2. The van der Waals surface area contributed by atoms with E-state index in [0.717, 1.165) is 37.2 Å². The number of urea groups is 1. The van der Waals surface area contributed by atoms with Gasteiger partial charge in [0, 0.05) is 35.4 Å². The van der Waals surface area contributed by atoms with Gasteiger partial charge in [0.2, 0.25) is 11.8 Å². The van der Waals surface area contributed by atoms with Gasteiger partial charge in [-0.2, -0.15) is 0 Å². The molecule has 1 saturated heterocycles. The largest absolute Gasteiger partial charge is 0.497 e. The van der Waals surface area contributed by atoms with Crippen LogP contribution in [-0.4, -0.2) is 112 Å². The summed E-state index contributed by atoms with van der Waals surface area (Å²) in [5, 5.41) is 25.3. The summed E-state index contributed by atoms with van der Waals surface area (Å²) in [6.45, 7) is 8.96. The molecule has 2 fully saturated rings. The van der Waals surface area contributed by atoms with Crippen LogP contribution in [0.1, 0.15) is 112 Å². The number of amides is 4. The summed E-state index contributed by atoms with van der Waals surface area (Å²) in [6.07, 6.45) is 9.44. The maximum Gasteiger partial charge on any atom is 0.326 e. The molecule has 0 bridgehead atoms. The van der Waals surface area contributed by atoms with E-state index in [4.69, 9.17) is 19.4 Å². The Balaban J connectivity index is 1.32. The van der Waals surface area contributed by atoms with Crippen LogP contribution in [0.5, 0.6) is 11.5 Å². The molecular weight excluding hydrogens is 847 g/mol. The predicted octanol–water partition coefficient (Wildman–Crippen LogP) is 6.60. The molecule has 0 spiro atoms. The number of aliphatic carboxylic acids is 1. The number of nitrogens with one attached hydrogen (secondary N) is 4. The highest BCUT2D eigenvalue weighted by molar-refractivity contribution is 7.92. The second-order valence-electron chi connectivity index (χ2n) is 18.3. The molecule has 18 heteroatoms. The summed E-state index contributed by atoms with van der Waals surface area (Å²) < 4.78 is 38.2. The van der Waals surface area contributed by atoms with Gasteiger partial charge in [-0.3, -0.25) is 9.59 Å². The van der Waals surface area contributed by atoms with Gasteiger partial charge in [-0.15, -0.1) is 11.3 Å². The number of carboxylic acids is 1. The van der Waals surface area contributed by atoms with Crippen molar-refractivity contribution >= 4 is 61.0 Å². The van der Waals surface area contributed by atoms with Gasteiger partial charge in [-0.1, -0.05) is 44.3 Å². The van der Waals surface area contributed by atoms with Gasteiger partial charge in [0.25, 0.3) is 0 Å². The lowest BCUT2D eigenvalue weighted by Crippen LogP contribution is -2.61. The average Bonchev–Trinajstić information content (AvgIpc) is 3.86. The Kier molecular flexibility index (Phi) is 15.3. The van der Waals surface area contributed by atoms with Crippen LogP contribution in [0.3, 0.4) is 0 Å². The van der Waals surface area contributed by atoms with Crippen LogP contribution >= 0.6 is 11.3 Å². The number of fused-ring (bicyclic) bond motifs is 2. The van der Waals surface area contributed by atoms with Gasteiger partial charge in [-0.05, 0) is 85.3 Å². The molecule has 16 nitrogen and oxygen atoms in total. The van der Waals surface area contributed by atoms with E-state index in [1.165, 1.54) is 16.2 Å². The number of benzene rings is 1. The lowest BCUT2D eigenvalue weighted by molar-refractivity contribution is -0.144. The summed E-state index contributed by atoms with van der Waals surface area (Å²) >= 11 is 1.45. The first-order valence-electron chi connectivity index (χ1n) is 22.0. The zero-order valence-corrected chi connectivity index (χ0v) is 38.8. The first kappa shape index (κ1) is 47.5. The van der Waals surface area contributed by atoms with Crippen LogP contribution in [0.4, 0.5) is 9.93 Å². The fraction of sp³-hybridized carbons (Fsp3) is 0.600. The molecule has 1 aromatic carbocycles. The summed E-state index contributed by atoms with van der Waals surface area (Å²) in [4.78, 5) is 66.5. The molecule has 63 heavy (non-hydrogen) atoms. The van der Waals surface area contributed by atoms with E-state index in [9.17, 15) is 32.7 Å². The Bertz CT molecular complexity index is 2270. The number of nitrogens with zero attached hydrogens (tertiary/aromatic N) is 3. The Labute approximate surface area is 374 Å². The summed E-state index contributed by atoms with van der Waals surface area (Å²) in [6, 6.07) is 3.26. The maximum atomic E-state index is 14.9. The number of carboxylic acid groups (broad SMARTS) is 1. The Morgan fingerprint density at radius 2 is 1.78 bits per heavy atom. The third kappa shape index (κ3) is 12.0. The van der Waals surface area contributed by atoms with E-state index < -0.39 is 68.2 Å². The normalized spacial score (nSPS) is 23.2. The summed E-state index contributed by atoms with van der Waals surface area (Å²) in [7, 11) is -2.05. The van der Waals surface area contributed by atoms with Gasteiger partial charge in [0.1, 0.15) is 41.4 Å². The standard InChI is InChI=1S/C45H63N7O9S2/c1-28(2)46-43-50-36(26-62-43)35-24-38(31-19-18-29(60-6)22-34(31)47-35)61-30-23-37-39(53)48-33(41(55)56)17-13-10-8-7-9-12-16-32(40(54)52(37)25-30)49-42(57)51-45(20-14-11-15-21-45)27-63(58,59)44(3,4)5/h10,13,18-19,22,24,26,28,30,32-33,37H,7-9,11-12,14-17,20-21,23,25,27H2,1-6H3,(H,46,50)(H,48,53)(H,55,56)(H2,49,51,57)/b13-10-/t30-,32+,33+,37+/m1/s1. The number of hydrogen-bond acceptors (Lipinski definition) is 12. The van der Waals surface area contributed by atoms with Crippen LogP contribution < -0.4 is 30.7 Å². The molecular formula is C45H63N7O9S2. The molecule has 1 aliphatic carbocycles. The minimum Gasteiger partial charge on any atom is -0.497 e. The number of allylic oxidation sites excluding steroid dienone is 1. The van der Waals surface area contributed by atoms with Crippen molar-refractivity contribution in [3.05, 3.63) is 41.8 Å². The van der Waals surface area contributed by atoms with Crippen molar-refractivity contribution in [3.63, 3.8) is 0 Å². The number of pyridine rings is 1. The van der Waals surface area contributed by atoms with E-state index >= 15 is 0 Å². The molecule has 0 unspecified atom stereocenters. The predicted molar refractivity (Wildman–Crippen MR) is 244 cm³/mol. The Morgan fingerprint density at radius 1 is 1.03 bits per heavy atom. The van der Waals surface area contributed by atoms with Crippen LogP contribution in [0.15, 0.2) is 41.8 Å². The zero-order chi connectivity index (χ0) is 45.5. The van der Waals surface area contributed by atoms with Gasteiger partial charge in [-0.25, -0.2) is 28.0 Å². The van der Waals surface area contributed by atoms with Crippen LogP contribution in [0.2, 0.25) is 0 Å². The molecule has 2 aliphatic heterocycles. The number of rotatable bonds is 11. The van der Waals surface area contributed by atoms with Crippen molar-refractivity contribution in [1.82, 2.24) is 30.8 Å². The van der Waals surface area contributed by atoms with E-state index in [2.05, 4.69) is 21.3 Å². The number of methoxy groups -OCH3 is 1. The highest BCUT2D eigenvalue weighted by Crippen LogP contribution is 2.36. The molecule has 1 saturated carbocycles. The number of anilines is 1. The van der Waals surface area contributed by atoms with E-state index in [-0.39, 0.29) is 37.6 Å². The maximum absolute atomic E-state index is 14.9. The number of sulfone groups is 1. The zero-order valence-electron chi connectivity index (χ0n) is 37.2. The van der Waals surface area contributed by atoms with E-state index in [1.807, 2.05) is 31.4 Å². The van der Waals surface area contributed by atoms with Gasteiger partial charge in [0.15, 0.2) is 15.0 Å². The van der Waals surface area contributed by atoms with E-state index in [0.29, 0.717) is 59.5 Å². The van der Waals surface area contributed by atoms with Crippen LogP contribution in [0, 0.1) is 0 Å². The van der Waals surface area contributed by atoms with Crippen molar-refractivity contribution in [2.75, 3.05) is 24.7 Å². The third-order valence-corrected chi connectivity index (χ3v) is 15.6. The second kappa shape index (κ2) is 20.2. The van der Waals surface area contributed by atoms with Crippen molar-refractivity contribution in [2.24, 2.45) is 0 Å². The monoisotopic (exact) mass is 909 g/mol. The van der Waals surface area contributed by atoms with E-state index in [1.54, 1.807) is 52.2 Å². The number of ether oxygens (including phenoxy) is 2. The molecule has 344 valence electrons. The molecule has 4 amide bonds. The van der Waals surface area contributed by atoms with Crippen LogP contribution in [0.25, 0.3) is 22.3 Å².